The second-order valence-corrected chi connectivity index (χ2v) is 7.02. The standard InChI is InChI=1S/C19H16ClF2N3O2S/c1-12-13(20)5-4-7-15(12)25-10-9-23-19(25)28-11-17(26)24-14-6-2-3-8-16(14)27-18(21)22/h2-10,18H,11H2,1H3,(H,24,26). The number of hydrogen-bond acceptors (Lipinski definition) is 4. The fraction of sp³-hybridized carbons (Fsp3) is 0.158. The quantitative estimate of drug-likeness (QED) is 0.533. The summed E-state index contributed by atoms with van der Waals surface area (Å²) in [6.45, 7) is -1.07. The molecule has 9 heteroatoms. The number of aromatic nitrogens is 2. The van der Waals surface area contributed by atoms with Gasteiger partial charge in [0.15, 0.2) is 5.16 Å². The molecular weight excluding hydrogens is 408 g/mol. The maximum Gasteiger partial charge on any atom is 0.387 e. The first-order chi connectivity index (χ1) is 13.5. The number of amides is 1. The summed E-state index contributed by atoms with van der Waals surface area (Å²) in [5.74, 6) is -0.417. The number of anilines is 1. The lowest BCUT2D eigenvalue weighted by Gasteiger charge is -2.13. The Hall–Kier alpha value is -2.58. The first kappa shape index (κ1) is 20.2. The van der Waals surface area contributed by atoms with Crippen LogP contribution in [-0.4, -0.2) is 27.8 Å². The van der Waals surface area contributed by atoms with Crippen LogP contribution in [0, 0.1) is 6.92 Å². The Bertz CT molecular complexity index is 981. The van der Waals surface area contributed by atoms with Gasteiger partial charge in [0.25, 0.3) is 0 Å². The van der Waals surface area contributed by atoms with E-state index in [9.17, 15) is 13.6 Å². The molecule has 1 aromatic heterocycles. The summed E-state index contributed by atoms with van der Waals surface area (Å²) in [5.41, 5.74) is 1.94. The van der Waals surface area contributed by atoms with Crippen molar-refractivity contribution in [3.63, 3.8) is 0 Å². The van der Waals surface area contributed by atoms with Crippen LogP contribution in [0.5, 0.6) is 5.75 Å². The van der Waals surface area contributed by atoms with Crippen molar-refractivity contribution in [3.05, 3.63) is 65.4 Å². The van der Waals surface area contributed by atoms with Crippen LogP contribution >= 0.6 is 23.4 Å². The summed E-state index contributed by atoms with van der Waals surface area (Å²) < 4.78 is 31.2. The van der Waals surface area contributed by atoms with Gasteiger partial charge in [-0.15, -0.1) is 0 Å². The lowest BCUT2D eigenvalue weighted by molar-refractivity contribution is -0.113. The van der Waals surface area contributed by atoms with E-state index in [1.165, 1.54) is 23.9 Å². The minimum atomic E-state index is -2.97. The molecule has 0 aliphatic heterocycles. The molecule has 146 valence electrons. The predicted molar refractivity (Wildman–Crippen MR) is 106 cm³/mol. The van der Waals surface area contributed by atoms with E-state index in [4.69, 9.17) is 11.6 Å². The highest BCUT2D eigenvalue weighted by Gasteiger charge is 2.14. The molecule has 0 fully saturated rings. The van der Waals surface area contributed by atoms with Crippen LogP contribution in [0.1, 0.15) is 5.56 Å². The molecule has 1 amide bonds. The Labute approximate surface area is 169 Å². The van der Waals surface area contributed by atoms with Crippen LogP contribution in [0.2, 0.25) is 5.02 Å². The molecular formula is C19H16ClF2N3O2S. The van der Waals surface area contributed by atoms with Crippen LogP contribution in [-0.2, 0) is 4.79 Å². The molecule has 0 atom stereocenters. The first-order valence-electron chi connectivity index (χ1n) is 8.21. The normalized spacial score (nSPS) is 10.9. The van der Waals surface area contributed by atoms with Crippen LogP contribution < -0.4 is 10.1 Å². The monoisotopic (exact) mass is 423 g/mol. The third kappa shape index (κ3) is 4.82. The highest BCUT2D eigenvalue weighted by Crippen LogP contribution is 2.28. The van der Waals surface area contributed by atoms with E-state index >= 15 is 0 Å². The number of thioether (sulfide) groups is 1. The molecule has 1 N–H and O–H groups in total. The molecule has 0 radical (unpaired) electrons. The smallest absolute Gasteiger partial charge is 0.387 e. The fourth-order valence-corrected chi connectivity index (χ4v) is 3.46. The van der Waals surface area contributed by atoms with E-state index in [0.29, 0.717) is 10.2 Å². The second kappa shape index (κ2) is 9.07. The summed E-state index contributed by atoms with van der Waals surface area (Å²) in [6, 6.07) is 11.6. The van der Waals surface area contributed by atoms with Gasteiger partial charge < -0.3 is 10.1 Å². The zero-order chi connectivity index (χ0) is 20.1. The van der Waals surface area contributed by atoms with E-state index < -0.39 is 6.61 Å². The van der Waals surface area contributed by atoms with E-state index in [-0.39, 0.29) is 23.1 Å². The van der Waals surface area contributed by atoms with Crippen molar-refractivity contribution in [2.75, 3.05) is 11.1 Å². The third-order valence-corrected chi connectivity index (χ3v) is 5.19. The molecule has 0 bridgehead atoms. The number of carbonyl (C=O) groups excluding carboxylic acids is 1. The maximum absolute atomic E-state index is 12.5. The number of imidazole rings is 1. The number of hydrogen-bond donors (Lipinski definition) is 1. The number of nitrogens with zero attached hydrogens (tertiary/aromatic N) is 2. The molecule has 3 rings (SSSR count). The highest BCUT2D eigenvalue weighted by atomic mass is 35.5. The Balaban J connectivity index is 1.69. The largest absolute Gasteiger partial charge is 0.433 e. The number of nitrogens with one attached hydrogen (secondary N) is 1. The minimum absolute atomic E-state index is 0.0413. The van der Waals surface area contributed by atoms with Crippen molar-refractivity contribution in [2.45, 2.75) is 18.7 Å². The SMILES string of the molecule is Cc1c(Cl)cccc1-n1ccnc1SCC(=O)Nc1ccccc1OC(F)F. The van der Waals surface area contributed by atoms with Crippen LogP contribution in [0.15, 0.2) is 60.0 Å². The average Bonchev–Trinajstić information content (AvgIpc) is 3.12. The summed E-state index contributed by atoms with van der Waals surface area (Å²) in [5, 5.41) is 3.83. The molecule has 0 aliphatic rings. The molecule has 0 saturated carbocycles. The van der Waals surface area contributed by atoms with Gasteiger partial charge in [-0.3, -0.25) is 9.36 Å². The molecule has 0 saturated heterocycles. The average molecular weight is 424 g/mol. The van der Waals surface area contributed by atoms with Crippen LogP contribution in [0.4, 0.5) is 14.5 Å². The molecule has 0 unspecified atom stereocenters. The van der Waals surface area contributed by atoms with Crippen molar-refractivity contribution in [2.24, 2.45) is 0 Å². The molecule has 3 aromatic rings. The van der Waals surface area contributed by atoms with Crippen LogP contribution in [0.3, 0.4) is 0 Å². The Morgan fingerprint density at radius 1 is 1.29 bits per heavy atom. The lowest BCUT2D eigenvalue weighted by atomic mass is 10.2. The maximum atomic E-state index is 12.5. The number of rotatable bonds is 7. The van der Waals surface area contributed by atoms with E-state index in [2.05, 4.69) is 15.0 Å². The van der Waals surface area contributed by atoms with Gasteiger partial charge in [0.1, 0.15) is 5.75 Å². The first-order valence-corrected chi connectivity index (χ1v) is 9.57. The summed E-state index contributed by atoms with van der Waals surface area (Å²) >= 11 is 7.40. The molecule has 2 aromatic carbocycles. The zero-order valence-corrected chi connectivity index (χ0v) is 16.3. The Morgan fingerprint density at radius 3 is 2.86 bits per heavy atom. The van der Waals surface area contributed by atoms with Gasteiger partial charge in [-0.05, 0) is 36.8 Å². The van der Waals surface area contributed by atoms with Gasteiger partial charge >= 0.3 is 6.61 Å². The van der Waals surface area contributed by atoms with Crippen molar-refractivity contribution < 1.29 is 18.3 Å². The van der Waals surface area contributed by atoms with E-state index in [1.54, 1.807) is 30.6 Å². The van der Waals surface area contributed by atoms with Gasteiger partial charge in [-0.25, -0.2) is 4.98 Å². The third-order valence-electron chi connectivity index (χ3n) is 3.82. The second-order valence-electron chi connectivity index (χ2n) is 5.68. The van der Waals surface area contributed by atoms with Gasteiger partial charge in [0.05, 0.1) is 17.1 Å². The number of ether oxygens (including phenoxy) is 1. The zero-order valence-electron chi connectivity index (χ0n) is 14.7. The highest BCUT2D eigenvalue weighted by molar-refractivity contribution is 7.99. The van der Waals surface area contributed by atoms with Crippen molar-refractivity contribution in [1.29, 1.82) is 0 Å². The number of para-hydroxylation sites is 2. The summed E-state index contributed by atoms with van der Waals surface area (Å²) in [7, 11) is 0. The van der Waals surface area contributed by atoms with Crippen molar-refractivity contribution in [1.82, 2.24) is 9.55 Å². The molecule has 5 nitrogen and oxygen atoms in total. The van der Waals surface area contributed by atoms with Crippen molar-refractivity contribution >= 4 is 35.0 Å². The van der Waals surface area contributed by atoms with E-state index in [1.807, 2.05) is 23.6 Å². The topological polar surface area (TPSA) is 56.2 Å². The van der Waals surface area contributed by atoms with Crippen LogP contribution in [0.25, 0.3) is 5.69 Å². The molecule has 1 heterocycles. The molecule has 0 spiro atoms. The lowest BCUT2D eigenvalue weighted by Crippen LogP contribution is -2.16. The molecule has 0 aliphatic carbocycles. The summed E-state index contributed by atoms with van der Waals surface area (Å²) in [6.07, 6.45) is 3.41. The number of halogens is 3. The van der Waals surface area contributed by atoms with E-state index in [0.717, 1.165) is 11.3 Å². The van der Waals surface area contributed by atoms with Gasteiger partial charge in [-0.2, -0.15) is 8.78 Å². The minimum Gasteiger partial charge on any atom is -0.433 e. The van der Waals surface area contributed by atoms with Gasteiger partial charge in [-0.1, -0.05) is 41.6 Å². The predicted octanol–water partition coefficient (Wildman–Crippen LogP) is 5.17. The fourth-order valence-electron chi connectivity index (χ4n) is 2.52. The van der Waals surface area contributed by atoms with Crippen molar-refractivity contribution in [3.8, 4) is 11.4 Å². The van der Waals surface area contributed by atoms with Gasteiger partial charge in [0.2, 0.25) is 5.91 Å². The molecule has 28 heavy (non-hydrogen) atoms. The number of benzene rings is 2. The number of alkyl halides is 2. The Morgan fingerprint density at radius 2 is 2.07 bits per heavy atom. The number of carbonyl (C=O) groups is 1. The van der Waals surface area contributed by atoms with Gasteiger partial charge in [0, 0.05) is 17.4 Å². The Kier molecular flexibility index (Phi) is 6.53. The summed E-state index contributed by atoms with van der Waals surface area (Å²) in [4.78, 5) is 16.6.